The predicted molar refractivity (Wildman–Crippen MR) is 440 cm³/mol. The molecule has 11 aromatic heterocycles. The van der Waals surface area contributed by atoms with Gasteiger partial charge in [-0.3, -0.25) is 19.9 Å². The summed E-state index contributed by atoms with van der Waals surface area (Å²) in [5.41, 5.74) is 29.6. The van der Waals surface area contributed by atoms with Crippen LogP contribution in [0.1, 0.15) is 73.4 Å². The fraction of sp³-hybridized carbons (Fsp3) is 0.322. The molecule has 24 heteroatoms. The Bertz CT molecular complexity index is 5790. The van der Waals surface area contributed by atoms with Crippen molar-refractivity contribution in [2.45, 2.75) is 84.7 Å². The number of halogens is 1. The minimum absolute atomic E-state index is 0.139. The number of pyridine rings is 3. The first-order valence-electron chi connectivity index (χ1n) is 38.9. The first-order chi connectivity index (χ1) is 54.2. The monoisotopic (exact) mass is 1480 g/mol. The summed E-state index contributed by atoms with van der Waals surface area (Å²) in [6, 6.07) is 37.5. The van der Waals surface area contributed by atoms with Crippen molar-refractivity contribution in [1.82, 2.24) is 88.9 Å². The standard InChI is InChI=1S/C24H27FN6.C24H20N6.C22H28N6.C17H19N5/c1-15-10-19-18(4-7-27-22(19)11-21(15)25)20-13-29-31-14-17(12-28-23(20)31)30-8-5-16(6-9-30)24(2,3)26;1-16-10-21(20-4-2-3-5-23(20)28-16)22-12-27-30-15-19(11-26-24(22)30)29-13-18(14-29)17-6-8-25-9-7-17;1-17-3-2-4-18(13-17)21-15-25-28-16-20(14-24-22(21)28)27-11-9-26(10-12-27)19-5-7-23-8-6-19;1-13-3-2-4-14(9-13)16-11-20-22-12-15(10-19-17(16)22)21-7-5-18-6-8-21/h4,7,10-14,16H,5-6,8-9,26H2,1-3H3;2-12,15,18H,13-14H2,1H3;2-4,13-16,19,23H,5-12H2,1H3;2-4,9-12,18H,5-8H2,1H3. The molecule has 20 rings (SSSR count). The van der Waals surface area contributed by atoms with Crippen molar-refractivity contribution < 1.29 is 4.39 Å². The SMILES string of the molecule is Cc1cc(-c2cnn3cc(N4CC(c5ccncc5)C4)cnc23)c2ccccc2n1.Cc1cc2c(-c3cnn4cc(N5CCC(C(C)(C)N)CC5)cnc34)ccnc2cc1F.Cc1cccc(-c2cnn3cc(N4CCN(C5CCNCC5)CC4)cnc23)c1.Cc1cccc(-c2cnn3cc(N4CCNCC4)cnc23)c1. The highest BCUT2D eigenvalue weighted by molar-refractivity contribution is 5.99. The highest BCUT2D eigenvalue weighted by Crippen LogP contribution is 2.38. The highest BCUT2D eigenvalue weighted by atomic mass is 19.1. The molecule has 0 saturated carbocycles. The van der Waals surface area contributed by atoms with Gasteiger partial charge < -0.3 is 36.0 Å². The Morgan fingerprint density at radius 1 is 0.432 bits per heavy atom. The van der Waals surface area contributed by atoms with Crippen molar-refractivity contribution in [3.05, 3.63) is 236 Å². The smallest absolute Gasteiger partial charge is 0.162 e. The van der Waals surface area contributed by atoms with Crippen molar-refractivity contribution in [2.75, 3.05) is 111 Å². The number of para-hydroxylation sites is 1. The number of aryl methyl sites for hydroxylation is 4. The van der Waals surface area contributed by atoms with Crippen molar-refractivity contribution in [1.29, 1.82) is 0 Å². The van der Waals surface area contributed by atoms with Gasteiger partial charge in [0, 0.05) is 159 Å². The van der Waals surface area contributed by atoms with Crippen LogP contribution in [-0.4, -0.2) is 181 Å². The van der Waals surface area contributed by atoms with Gasteiger partial charge in [0.15, 0.2) is 22.6 Å². The Kier molecular flexibility index (Phi) is 20.4. The van der Waals surface area contributed by atoms with Crippen LogP contribution in [-0.2, 0) is 0 Å². The molecule has 0 bridgehead atoms. The second-order valence-corrected chi connectivity index (χ2v) is 30.8. The number of rotatable bonds is 11. The molecule has 23 nitrogen and oxygen atoms in total. The number of fused-ring (bicyclic) bond motifs is 6. The van der Waals surface area contributed by atoms with Gasteiger partial charge in [0.2, 0.25) is 0 Å². The van der Waals surface area contributed by atoms with Gasteiger partial charge in [-0.25, -0.2) is 42.4 Å². The minimum atomic E-state index is -0.249. The summed E-state index contributed by atoms with van der Waals surface area (Å²) in [5, 5.41) is 27.1. The molecular weight excluding hydrogens is 1390 g/mol. The summed E-state index contributed by atoms with van der Waals surface area (Å²) in [7, 11) is 0. The molecule has 0 spiro atoms. The Labute approximate surface area is 645 Å². The van der Waals surface area contributed by atoms with Crippen LogP contribution in [0.2, 0.25) is 0 Å². The number of nitrogens with one attached hydrogen (secondary N) is 2. The molecule has 111 heavy (non-hydrogen) atoms. The van der Waals surface area contributed by atoms with E-state index in [0.29, 0.717) is 22.9 Å². The number of aromatic nitrogens is 15. The van der Waals surface area contributed by atoms with Crippen molar-refractivity contribution in [3.8, 4) is 44.5 Å². The average Bonchev–Trinajstić information content (AvgIpc) is 1.66. The Hall–Kier alpha value is -11.7. The van der Waals surface area contributed by atoms with E-state index in [1.54, 1.807) is 13.1 Å². The predicted octanol–water partition coefficient (Wildman–Crippen LogP) is 13.3. The van der Waals surface area contributed by atoms with Gasteiger partial charge in [0.1, 0.15) is 5.82 Å². The van der Waals surface area contributed by atoms with E-state index >= 15 is 0 Å². The van der Waals surface area contributed by atoms with Crippen LogP contribution in [0, 0.1) is 39.4 Å². The number of piperidine rings is 2. The molecule has 0 radical (unpaired) electrons. The summed E-state index contributed by atoms with van der Waals surface area (Å²) >= 11 is 0. The number of anilines is 4. The zero-order valence-corrected chi connectivity index (χ0v) is 63.9. The maximum Gasteiger partial charge on any atom is 0.162 e. The Morgan fingerprint density at radius 3 is 1.50 bits per heavy atom. The van der Waals surface area contributed by atoms with E-state index in [9.17, 15) is 4.39 Å². The Balaban J connectivity index is 0.000000108. The number of nitrogens with two attached hydrogens (primary N) is 1. The van der Waals surface area contributed by atoms with Crippen molar-refractivity contribution >= 4 is 67.1 Å². The maximum atomic E-state index is 14.0. The van der Waals surface area contributed by atoms with Crippen LogP contribution < -0.4 is 36.0 Å². The third kappa shape index (κ3) is 15.4. The number of piperazine rings is 2. The van der Waals surface area contributed by atoms with Gasteiger partial charge >= 0.3 is 0 Å². The lowest BCUT2D eigenvalue weighted by Gasteiger charge is -2.41. The largest absolute Gasteiger partial charge is 0.369 e. The summed E-state index contributed by atoms with van der Waals surface area (Å²) in [5.74, 6) is 0.828. The van der Waals surface area contributed by atoms with Crippen LogP contribution in [0.15, 0.2) is 202 Å². The third-order valence-corrected chi connectivity index (χ3v) is 22.8. The van der Waals surface area contributed by atoms with E-state index in [4.69, 9.17) is 20.7 Å². The van der Waals surface area contributed by atoms with Crippen LogP contribution in [0.3, 0.4) is 0 Å². The number of nitrogens with zero attached hydrogens (tertiary/aromatic N) is 20. The van der Waals surface area contributed by atoms with Gasteiger partial charge in [-0.1, -0.05) is 77.9 Å². The maximum absolute atomic E-state index is 14.0. The fourth-order valence-corrected chi connectivity index (χ4v) is 16.4. The quantitative estimate of drug-likeness (QED) is 0.109. The van der Waals surface area contributed by atoms with Gasteiger partial charge in [0.25, 0.3) is 0 Å². The van der Waals surface area contributed by atoms with Gasteiger partial charge in [0.05, 0.1) is 108 Å². The molecule has 5 fully saturated rings. The molecule has 5 saturated heterocycles. The normalized spacial score (nSPS) is 16.3. The summed E-state index contributed by atoms with van der Waals surface area (Å²) in [6.07, 6.45) is 33.9. The van der Waals surface area contributed by atoms with Gasteiger partial charge in [-0.05, 0) is 156 Å². The van der Waals surface area contributed by atoms with E-state index < -0.39 is 0 Å². The molecule has 0 atom stereocenters. The second-order valence-electron chi connectivity index (χ2n) is 30.8. The lowest BCUT2D eigenvalue weighted by Crippen LogP contribution is -2.52. The molecule has 564 valence electrons. The van der Waals surface area contributed by atoms with Crippen LogP contribution in [0.25, 0.3) is 88.9 Å². The second kappa shape index (κ2) is 31.3. The highest BCUT2D eigenvalue weighted by Gasteiger charge is 2.32. The number of hydrogen-bond acceptors (Lipinski definition) is 19. The average molecular weight is 1480 g/mol. The van der Waals surface area contributed by atoms with Crippen molar-refractivity contribution in [2.24, 2.45) is 11.7 Å². The summed E-state index contributed by atoms with van der Waals surface area (Å²) < 4.78 is 21.5. The van der Waals surface area contributed by atoms with E-state index in [1.165, 1.54) is 41.2 Å². The first kappa shape index (κ1) is 72.2. The third-order valence-electron chi connectivity index (χ3n) is 22.8. The van der Waals surface area contributed by atoms with Crippen LogP contribution in [0.4, 0.5) is 27.1 Å². The molecule has 16 heterocycles. The van der Waals surface area contributed by atoms with E-state index in [1.807, 2.05) is 123 Å². The summed E-state index contributed by atoms with van der Waals surface area (Å²) in [6.45, 7) is 26.9. The molecule has 15 aromatic rings. The number of benzene rings is 4. The first-order valence-corrected chi connectivity index (χ1v) is 38.9. The molecule has 4 N–H and O–H groups in total. The van der Waals surface area contributed by atoms with E-state index in [2.05, 4.69) is 195 Å². The zero-order valence-electron chi connectivity index (χ0n) is 63.9. The molecule has 5 aliphatic heterocycles. The molecule has 0 amide bonds. The number of hydrogen-bond donors (Lipinski definition) is 3. The van der Waals surface area contributed by atoms with E-state index in [-0.39, 0.29) is 11.4 Å². The lowest BCUT2D eigenvalue weighted by molar-refractivity contribution is 0.153. The lowest BCUT2D eigenvalue weighted by atomic mass is 9.81. The Morgan fingerprint density at radius 2 is 0.937 bits per heavy atom. The van der Waals surface area contributed by atoms with Gasteiger partial charge in [-0.15, -0.1) is 0 Å². The fourth-order valence-electron chi connectivity index (χ4n) is 16.4. The topological polar surface area (TPSA) is 226 Å². The molecule has 0 unspecified atom stereocenters. The molecule has 0 aliphatic carbocycles. The van der Waals surface area contributed by atoms with Gasteiger partial charge in [-0.2, -0.15) is 20.4 Å². The summed E-state index contributed by atoms with van der Waals surface area (Å²) in [4.78, 5) is 44.2. The minimum Gasteiger partial charge on any atom is -0.369 e. The molecule has 4 aromatic carbocycles. The zero-order chi connectivity index (χ0) is 75.7. The van der Waals surface area contributed by atoms with Crippen molar-refractivity contribution in [3.63, 3.8) is 0 Å². The van der Waals surface area contributed by atoms with E-state index in [0.717, 1.165) is 217 Å². The molecule has 5 aliphatic rings. The van der Waals surface area contributed by atoms with Crippen LogP contribution >= 0.6 is 0 Å². The van der Waals surface area contributed by atoms with Crippen LogP contribution in [0.5, 0.6) is 0 Å². The molecular formula is C87H94FN23.